The average Bonchev–Trinajstić information content (AvgIpc) is 2.31. The molecule has 1 unspecified atom stereocenters. The molecule has 1 fully saturated rings. The lowest BCUT2D eigenvalue weighted by Gasteiger charge is -2.18. The Labute approximate surface area is 76.0 Å². The topological polar surface area (TPSA) is 57.6 Å². The third-order valence-electron chi connectivity index (χ3n) is 1.97. The fourth-order valence-electron chi connectivity index (χ4n) is 1.40. The first-order chi connectivity index (χ1) is 5.52. The van der Waals surface area contributed by atoms with Crippen molar-refractivity contribution >= 4 is 24.5 Å². The molecular formula is C7H11NO3S. The number of thiol groups is 1. The van der Waals surface area contributed by atoms with Crippen LogP contribution in [-0.4, -0.2) is 39.7 Å². The Morgan fingerprint density at radius 3 is 2.50 bits per heavy atom. The Bertz CT molecular complexity index is 197. The highest BCUT2D eigenvalue weighted by atomic mass is 32.1. The third kappa shape index (κ3) is 1.72. The Kier molecular flexibility index (Phi) is 2.62. The Balaban J connectivity index is 2.72. The zero-order valence-corrected chi connectivity index (χ0v) is 7.62. The van der Waals surface area contributed by atoms with Gasteiger partial charge in [0.25, 0.3) is 0 Å². The molecule has 0 aromatic heterocycles. The molecule has 68 valence electrons. The first-order valence-corrected chi connectivity index (χ1v) is 4.22. The second-order valence-corrected chi connectivity index (χ2v) is 3.65. The van der Waals surface area contributed by atoms with Gasteiger partial charge in [-0.2, -0.15) is 12.6 Å². The van der Waals surface area contributed by atoms with Gasteiger partial charge in [0.15, 0.2) is 0 Å². The summed E-state index contributed by atoms with van der Waals surface area (Å²) in [5.74, 6) is -1.14. The van der Waals surface area contributed by atoms with Crippen LogP contribution >= 0.6 is 12.6 Å². The molecule has 0 saturated carbocycles. The normalized spacial score (nSPS) is 29.0. The molecule has 0 spiro atoms. The number of aliphatic carboxylic acids is 1. The molecule has 1 aliphatic rings. The van der Waals surface area contributed by atoms with E-state index < -0.39 is 12.0 Å². The highest BCUT2D eigenvalue weighted by Gasteiger charge is 2.36. The number of carbonyl (C=O) groups excluding carboxylic acids is 1. The van der Waals surface area contributed by atoms with Gasteiger partial charge in [0, 0.05) is 18.7 Å². The molecule has 1 aliphatic heterocycles. The SMILES string of the molecule is CC(=O)N1CC(S)C[C@H]1C(=O)O. The van der Waals surface area contributed by atoms with Gasteiger partial charge in [-0.15, -0.1) is 0 Å². The number of hydrogen-bond acceptors (Lipinski definition) is 3. The van der Waals surface area contributed by atoms with Crippen molar-refractivity contribution in [2.24, 2.45) is 0 Å². The van der Waals surface area contributed by atoms with Gasteiger partial charge in [-0.3, -0.25) is 4.79 Å². The quantitative estimate of drug-likeness (QED) is 0.570. The number of likely N-dealkylation sites (tertiary alicyclic amines) is 1. The van der Waals surface area contributed by atoms with Crippen molar-refractivity contribution in [1.29, 1.82) is 0 Å². The van der Waals surface area contributed by atoms with Crippen LogP contribution in [0.15, 0.2) is 0 Å². The van der Waals surface area contributed by atoms with E-state index in [-0.39, 0.29) is 11.2 Å². The zero-order valence-electron chi connectivity index (χ0n) is 6.73. The molecule has 1 rings (SSSR count). The summed E-state index contributed by atoms with van der Waals surface area (Å²) < 4.78 is 0. The fraction of sp³-hybridized carbons (Fsp3) is 0.714. The Hall–Kier alpha value is -0.710. The number of rotatable bonds is 1. The number of carbonyl (C=O) groups is 2. The van der Waals surface area contributed by atoms with Gasteiger partial charge in [-0.05, 0) is 6.42 Å². The summed E-state index contributed by atoms with van der Waals surface area (Å²) in [6, 6.07) is -0.676. The summed E-state index contributed by atoms with van der Waals surface area (Å²) in [4.78, 5) is 22.9. The predicted octanol–water partition coefficient (Wildman–Crippen LogP) is -0.00980. The van der Waals surface area contributed by atoms with Gasteiger partial charge >= 0.3 is 5.97 Å². The van der Waals surface area contributed by atoms with Gasteiger partial charge < -0.3 is 10.0 Å². The number of carboxylic acids is 1. The second-order valence-electron chi connectivity index (χ2n) is 2.91. The molecule has 12 heavy (non-hydrogen) atoms. The van der Waals surface area contributed by atoms with E-state index >= 15 is 0 Å². The van der Waals surface area contributed by atoms with Crippen LogP contribution < -0.4 is 0 Å². The van der Waals surface area contributed by atoms with Crippen molar-refractivity contribution < 1.29 is 14.7 Å². The number of nitrogens with zero attached hydrogens (tertiary/aromatic N) is 1. The summed E-state index contributed by atoms with van der Waals surface area (Å²) in [5, 5.41) is 8.72. The molecule has 1 N–H and O–H groups in total. The minimum absolute atomic E-state index is 0.00463. The zero-order chi connectivity index (χ0) is 9.30. The van der Waals surface area contributed by atoms with Crippen molar-refractivity contribution in [2.45, 2.75) is 24.6 Å². The van der Waals surface area contributed by atoms with Gasteiger partial charge in [-0.25, -0.2) is 4.79 Å². The summed E-state index contributed by atoms with van der Waals surface area (Å²) in [7, 11) is 0. The lowest BCUT2D eigenvalue weighted by molar-refractivity contribution is -0.147. The minimum atomic E-state index is -0.943. The molecule has 5 heteroatoms. The molecule has 0 aliphatic carbocycles. The van der Waals surface area contributed by atoms with Crippen LogP contribution in [0, 0.1) is 0 Å². The largest absolute Gasteiger partial charge is 0.480 e. The molecule has 0 aromatic rings. The van der Waals surface area contributed by atoms with Crippen LogP contribution in [0.25, 0.3) is 0 Å². The molecule has 0 aromatic carbocycles. The van der Waals surface area contributed by atoms with Crippen LogP contribution in [0.1, 0.15) is 13.3 Å². The molecule has 1 saturated heterocycles. The lowest BCUT2D eigenvalue weighted by Crippen LogP contribution is -2.39. The lowest BCUT2D eigenvalue weighted by atomic mass is 10.2. The summed E-state index contributed by atoms with van der Waals surface area (Å²) in [6.07, 6.45) is 0.442. The molecule has 0 radical (unpaired) electrons. The Morgan fingerprint density at radius 1 is 1.58 bits per heavy atom. The van der Waals surface area contributed by atoms with Crippen LogP contribution in [0.3, 0.4) is 0 Å². The highest BCUT2D eigenvalue weighted by Crippen LogP contribution is 2.21. The number of carboxylic acid groups (broad SMARTS) is 1. The van der Waals surface area contributed by atoms with Gasteiger partial charge in [0.1, 0.15) is 6.04 Å². The number of hydrogen-bond donors (Lipinski definition) is 2. The maximum Gasteiger partial charge on any atom is 0.326 e. The van der Waals surface area contributed by atoms with Crippen molar-refractivity contribution in [2.75, 3.05) is 6.54 Å². The molecule has 4 nitrogen and oxygen atoms in total. The van der Waals surface area contributed by atoms with Crippen LogP contribution in [0.4, 0.5) is 0 Å². The van der Waals surface area contributed by atoms with E-state index in [0.29, 0.717) is 13.0 Å². The fourth-order valence-corrected chi connectivity index (χ4v) is 1.77. The highest BCUT2D eigenvalue weighted by molar-refractivity contribution is 7.81. The van der Waals surface area contributed by atoms with Gasteiger partial charge in [-0.1, -0.05) is 0 Å². The molecule has 1 amide bonds. The van der Waals surface area contributed by atoms with E-state index in [1.165, 1.54) is 11.8 Å². The maximum absolute atomic E-state index is 10.9. The summed E-state index contributed by atoms with van der Waals surface area (Å²) >= 11 is 4.14. The monoisotopic (exact) mass is 189 g/mol. The van der Waals surface area contributed by atoms with Crippen molar-refractivity contribution in [3.8, 4) is 0 Å². The van der Waals surface area contributed by atoms with Crippen molar-refractivity contribution in [3.63, 3.8) is 0 Å². The minimum Gasteiger partial charge on any atom is -0.480 e. The van der Waals surface area contributed by atoms with Crippen LogP contribution in [-0.2, 0) is 9.59 Å². The Morgan fingerprint density at radius 2 is 2.17 bits per heavy atom. The van der Waals surface area contributed by atoms with E-state index in [9.17, 15) is 9.59 Å². The van der Waals surface area contributed by atoms with Gasteiger partial charge in [0.2, 0.25) is 5.91 Å². The standard InChI is InChI=1S/C7H11NO3S/c1-4(9)8-3-5(12)2-6(8)7(10)11/h5-6,12H,2-3H2,1H3,(H,10,11)/t5?,6-/m0/s1. The number of amides is 1. The van der Waals surface area contributed by atoms with Crippen LogP contribution in [0.2, 0.25) is 0 Å². The van der Waals surface area contributed by atoms with E-state index in [0.717, 1.165) is 0 Å². The molecule has 0 bridgehead atoms. The first kappa shape index (κ1) is 9.38. The summed E-state index contributed by atoms with van der Waals surface area (Å²) in [6.45, 7) is 1.82. The van der Waals surface area contributed by atoms with Crippen molar-refractivity contribution in [1.82, 2.24) is 4.90 Å². The smallest absolute Gasteiger partial charge is 0.326 e. The van der Waals surface area contributed by atoms with Crippen molar-refractivity contribution in [3.05, 3.63) is 0 Å². The van der Waals surface area contributed by atoms with Crippen LogP contribution in [0.5, 0.6) is 0 Å². The predicted molar refractivity (Wildman–Crippen MR) is 46.2 cm³/mol. The van der Waals surface area contributed by atoms with Gasteiger partial charge in [0.05, 0.1) is 0 Å². The first-order valence-electron chi connectivity index (χ1n) is 3.70. The van der Waals surface area contributed by atoms with E-state index in [1.54, 1.807) is 0 Å². The molecule has 1 heterocycles. The average molecular weight is 189 g/mol. The molecule has 2 atom stereocenters. The maximum atomic E-state index is 10.9. The van der Waals surface area contributed by atoms with E-state index in [2.05, 4.69) is 12.6 Å². The summed E-state index contributed by atoms with van der Waals surface area (Å²) in [5.41, 5.74) is 0. The third-order valence-corrected chi connectivity index (χ3v) is 2.34. The van der Waals surface area contributed by atoms with E-state index in [1.807, 2.05) is 0 Å². The molecular weight excluding hydrogens is 178 g/mol. The second kappa shape index (κ2) is 3.35. The van der Waals surface area contributed by atoms with E-state index in [4.69, 9.17) is 5.11 Å².